The van der Waals surface area contributed by atoms with Crippen LogP contribution in [0.3, 0.4) is 0 Å². The van der Waals surface area contributed by atoms with Gasteiger partial charge in [-0.25, -0.2) is 4.79 Å². The Bertz CT molecular complexity index is 695. The molecular formula is C14H14O5. The van der Waals surface area contributed by atoms with Crippen LogP contribution in [0.4, 0.5) is 0 Å². The summed E-state index contributed by atoms with van der Waals surface area (Å²) >= 11 is 0. The fraction of sp³-hybridized carbons (Fsp3) is 0.357. The van der Waals surface area contributed by atoms with Gasteiger partial charge in [0.2, 0.25) is 0 Å². The highest BCUT2D eigenvalue weighted by Gasteiger charge is 2.42. The topological polar surface area (TPSA) is 79.9 Å². The number of aliphatic hydroxyl groups is 2. The van der Waals surface area contributed by atoms with Gasteiger partial charge in [-0.1, -0.05) is 0 Å². The van der Waals surface area contributed by atoms with Gasteiger partial charge in [0.15, 0.2) is 6.10 Å². The van der Waals surface area contributed by atoms with Crippen LogP contribution in [0.15, 0.2) is 33.5 Å². The summed E-state index contributed by atoms with van der Waals surface area (Å²) in [5.74, 6) is 0.432. The summed E-state index contributed by atoms with van der Waals surface area (Å²) in [6.45, 7) is 3.15. The van der Waals surface area contributed by atoms with Crippen molar-refractivity contribution in [2.45, 2.75) is 31.7 Å². The summed E-state index contributed by atoms with van der Waals surface area (Å²) in [4.78, 5) is 11.2. The van der Waals surface area contributed by atoms with Crippen molar-refractivity contribution in [3.8, 4) is 5.75 Å². The lowest BCUT2D eigenvalue weighted by molar-refractivity contribution is -0.0762. The molecule has 2 heterocycles. The first kappa shape index (κ1) is 12.2. The standard InChI is InChI=1S/C14H14O5/c1-14(2,17)13-12(16)8-5-7-3-4-11(15)18-9(7)6-10(8)19-13/h3-6,12-13,16-17H,1-2H3/t12-,13+/m1/s1. The Morgan fingerprint density at radius 3 is 2.68 bits per heavy atom. The smallest absolute Gasteiger partial charge is 0.336 e. The van der Waals surface area contributed by atoms with Crippen LogP contribution in [0, 0.1) is 0 Å². The predicted octanol–water partition coefficient (Wildman–Crippen LogP) is 1.36. The van der Waals surface area contributed by atoms with Gasteiger partial charge in [0.1, 0.15) is 17.4 Å². The van der Waals surface area contributed by atoms with Crippen LogP contribution in [0.25, 0.3) is 11.0 Å². The summed E-state index contributed by atoms with van der Waals surface area (Å²) in [6, 6.07) is 6.24. The third-order valence-electron chi connectivity index (χ3n) is 3.31. The molecule has 5 heteroatoms. The molecule has 2 N–H and O–H groups in total. The van der Waals surface area contributed by atoms with Crippen molar-refractivity contribution in [3.05, 3.63) is 40.2 Å². The number of ether oxygens (including phenoxy) is 1. The minimum atomic E-state index is -1.18. The third kappa shape index (κ3) is 1.91. The van der Waals surface area contributed by atoms with Gasteiger partial charge < -0.3 is 19.4 Å². The summed E-state index contributed by atoms with van der Waals surface area (Å²) in [5.41, 5.74) is -0.626. The summed E-state index contributed by atoms with van der Waals surface area (Å²) in [6.07, 6.45) is -1.66. The molecular weight excluding hydrogens is 248 g/mol. The monoisotopic (exact) mass is 262 g/mol. The molecule has 0 amide bonds. The molecule has 1 aliphatic rings. The van der Waals surface area contributed by atoms with E-state index in [1.807, 2.05) is 0 Å². The molecule has 0 unspecified atom stereocenters. The number of aliphatic hydroxyl groups excluding tert-OH is 1. The van der Waals surface area contributed by atoms with Crippen molar-refractivity contribution >= 4 is 11.0 Å². The number of rotatable bonds is 1. The fourth-order valence-corrected chi connectivity index (χ4v) is 2.34. The molecule has 0 saturated heterocycles. The first-order chi connectivity index (χ1) is 8.86. The molecule has 0 aliphatic carbocycles. The zero-order chi connectivity index (χ0) is 13.8. The molecule has 0 saturated carbocycles. The quantitative estimate of drug-likeness (QED) is 0.758. The van der Waals surface area contributed by atoms with Crippen molar-refractivity contribution in [3.63, 3.8) is 0 Å². The Morgan fingerprint density at radius 2 is 2.00 bits per heavy atom. The van der Waals surface area contributed by atoms with Crippen LogP contribution in [0.2, 0.25) is 0 Å². The van der Waals surface area contributed by atoms with E-state index in [1.165, 1.54) is 6.07 Å². The maximum atomic E-state index is 11.2. The van der Waals surface area contributed by atoms with Gasteiger partial charge in [-0.05, 0) is 26.0 Å². The van der Waals surface area contributed by atoms with Gasteiger partial charge in [0.05, 0.1) is 5.60 Å². The SMILES string of the molecule is CC(C)(O)[C@H]1Oc2cc3oc(=O)ccc3cc2[C@H]1O. The molecule has 0 radical (unpaired) electrons. The number of hydrogen-bond acceptors (Lipinski definition) is 5. The number of benzene rings is 1. The van der Waals surface area contributed by atoms with Gasteiger partial charge in [0, 0.05) is 23.1 Å². The molecule has 0 bridgehead atoms. The van der Waals surface area contributed by atoms with Crippen molar-refractivity contribution in [2.24, 2.45) is 0 Å². The Balaban J connectivity index is 2.15. The molecule has 0 fully saturated rings. The zero-order valence-corrected chi connectivity index (χ0v) is 10.6. The first-order valence-electron chi connectivity index (χ1n) is 6.01. The molecule has 1 aromatic heterocycles. The van der Waals surface area contributed by atoms with Gasteiger partial charge in [-0.3, -0.25) is 0 Å². The van der Waals surface area contributed by atoms with E-state index in [1.54, 1.807) is 32.0 Å². The number of fused-ring (bicyclic) bond motifs is 2. The lowest BCUT2D eigenvalue weighted by Crippen LogP contribution is -2.41. The summed E-state index contributed by atoms with van der Waals surface area (Å²) in [7, 11) is 0. The highest BCUT2D eigenvalue weighted by atomic mass is 16.5. The third-order valence-corrected chi connectivity index (χ3v) is 3.31. The average molecular weight is 262 g/mol. The van der Waals surface area contributed by atoms with E-state index < -0.39 is 23.4 Å². The Labute approximate surface area is 109 Å². The molecule has 2 aromatic rings. The second kappa shape index (κ2) is 3.82. The van der Waals surface area contributed by atoms with E-state index in [0.717, 1.165) is 0 Å². The van der Waals surface area contributed by atoms with Crippen molar-refractivity contribution in [1.82, 2.24) is 0 Å². The van der Waals surface area contributed by atoms with Gasteiger partial charge >= 0.3 is 5.63 Å². The van der Waals surface area contributed by atoms with Crippen molar-refractivity contribution < 1.29 is 19.4 Å². The van der Waals surface area contributed by atoms with E-state index in [9.17, 15) is 15.0 Å². The van der Waals surface area contributed by atoms with Gasteiger partial charge in [-0.2, -0.15) is 0 Å². The lowest BCUT2D eigenvalue weighted by atomic mass is 9.94. The van der Waals surface area contributed by atoms with Crippen molar-refractivity contribution in [2.75, 3.05) is 0 Å². The molecule has 19 heavy (non-hydrogen) atoms. The van der Waals surface area contributed by atoms with Crippen LogP contribution < -0.4 is 10.4 Å². The Morgan fingerprint density at radius 1 is 1.26 bits per heavy atom. The fourth-order valence-electron chi connectivity index (χ4n) is 2.34. The van der Waals surface area contributed by atoms with E-state index in [-0.39, 0.29) is 0 Å². The lowest BCUT2D eigenvalue weighted by Gasteiger charge is -2.27. The molecule has 3 rings (SSSR count). The summed E-state index contributed by atoms with van der Waals surface area (Å²) < 4.78 is 10.6. The van der Waals surface area contributed by atoms with E-state index in [4.69, 9.17) is 9.15 Å². The van der Waals surface area contributed by atoms with Gasteiger partial charge in [-0.15, -0.1) is 0 Å². The highest BCUT2D eigenvalue weighted by Crippen LogP contribution is 2.42. The molecule has 0 spiro atoms. The minimum Gasteiger partial charge on any atom is -0.484 e. The Kier molecular flexibility index (Phi) is 2.45. The van der Waals surface area contributed by atoms with Crippen LogP contribution in [-0.4, -0.2) is 21.9 Å². The van der Waals surface area contributed by atoms with Crippen molar-refractivity contribution in [1.29, 1.82) is 0 Å². The second-order valence-corrected chi connectivity index (χ2v) is 5.32. The first-order valence-corrected chi connectivity index (χ1v) is 6.01. The Hall–Kier alpha value is -1.85. The minimum absolute atomic E-state index is 0.398. The highest BCUT2D eigenvalue weighted by molar-refractivity contribution is 5.80. The maximum Gasteiger partial charge on any atom is 0.336 e. The predicted molar refractivity (Wildman–Crippen MR) is 68.2 cm³/mol. The average Bonchev–Trinajstić information content (AvgIpc) is 2.63. The summed E-state index contributed by atoms with van der Waals surface area (Å²) in [5, 5.41) is 20.9. The van der Waals surface area contributed by atoms with E-state index >= 15 is 0 Å². The second-order valence-electron chi connectivity index (χ2n) is 5.32. The molecule has 1 aromatic carbocycles. The van der Waals surface area contributed by atoms with Crippen LogP contribution in [0.5, 0.6) is 5.75 Å². The molecule has 100 valence electrons. The van der Waals surface area contributed by atoms with Gasteiger partial charge in [0.25, 0.3) is 0 Å². The maximum absolute atomic E-state index is 11.2. The van der Waals surface area contributed by atoms with Crippen LogP contribution >= 0.6 is 0 Å². The molecule has 1 aliphatic heterocycles. The molecule has 5 nitrogen and oxygen atoms in total. The number of hydrogen-bond donors (Lipinski definition) is 2. The van der Waals surface area contributed by atoms with Crippen LogP contribution in [-0.2, 0) is 0 Å². The normalized spacial score (nSPS) is 22.3. The largest absolute Gasteiger partial charge is 0.484 e. The zero-order valence-electron chi connectivity index (χ0n) is 10.6. The molecule has 2 atom stereocenters. The van der Waals surface area contributed by atoms with E-state index in [0.29, 0.717) is 22.3 Å². The van der Waals surface area contributed by atoms with E-state index in [2.05, 4.69) is 0 Å². The van der Waals surface area contributed by atoms with Crippen LogP contribution in [0.1, 0.15) is 25.5 Å².